The van der Waals surface area contributed by atoms with Gasteiger partial charge in [-0.25, -0.2) is 9.07 Å². The molecular formula is C26H25FN6O3. The Hall–Kier alpha value is -4.31. The van der Waals surface area contributed by atoms with Crippen molar-refractivity contribution in [2.45, 2.75) is 13.5 Å². The molecule has 2 aromatic heterocycles. The molecule has 0 aliphatic carbocycles. The summed E-state index contributed by atoms with van der Waals surface area (Å²) in [6.07, 6.45) is 0. The fraction of sp³-hybridized carbons (Fsp3) is 0.231. The van der Waals surface area contributed by atoms with Gasteiger partial charge >= 0.3 is 0 Å². The van der Waals surface area contributed by atoms with Gasteiger partial charge in [0.1, 0.15) is 17.3 Å². The SMILES string of the molecule is Cc1ccccc1-n1nc(-c2c(-c3ccc(F)cc3)nn3c2NCC(C(=O)NCCO)C3)ccc1=O. The number of aliphatic hydroxyl groups is 1. The summed E-state index contributed by atoms with van der Waals surface area (Å²) in [7, 11) is 0. The number of aryl methyl sites for hydroxylation is 1. The number of rotatable bonds is 6. The lowest BCUT2D eigenvalue weighted by Gasteiger charge is -2.24. The average Bonchev–Trinajstić information content (AvgIpc) is 3.27. The van der Waals surface area contributed by atoms with Crippen LogP contribution in [0.5, 0.6) is 0 Å². The number of hydrogen-bond donors (Lipinski definition) is 3. The summed E-state index contributed by atoms with van der Waals surface area (Å²) in [5.74, 6) is -0.294. The van der Waals surface area contributed by atoms with Crippen molar-refractivity contribution < 1.29 is 14.3 Å². The van der Waals surface area contributed by atoms with Crippen LogP contribution in [-0.2, 0) is 11.3 Å². The predicted octanol–water partition coefficient (Wildman–Crippen LogP) is 2.36. The van der Waals surface area contributed by atoms with Gasteiger partial charge in [-0.2, -0.15) is 14.9 Å². The topological polar surface area (TPSA) is 114 Å². The van der Waals surface area contributed by atoms with Gasteiger partial charge < -0.3 is 15.7 Å². The maximum atomic E-state index is 13.7. The lowest BCUT2D eigenvalue weighted by atomic mass is 10.0. The Morgan fingerprint density at radius 3 is 2.67 bits per heavy atom. The van der Waals surface area contributed by atoms with E-state index in [0.29, 0.717) is 47.1 Å². The Bertz CT molecular complexity index is 1480. The molecule has 10 heteroatoms. The Morgan fingerprint density at radius 1 is 1.14 bits per heavy atom. The average molecular weight is 489 g/mol. The predicted molar refractivity (Wildman–Crippen MR) is 133 cm³/mol. The van der Waals surface area contributed by atoms with Crippen LogP contribution < -0.4 is 16.2 Å². The molecule has 0 saturated heterocycles. The van der Waals surface area contributed by atoms with Crippen molar-refractivity contribution in [1.29, 1.82) is 0 Å². The van der Waals surface area contributed by atoms with E-state index in [1.165, 1.54) is 22.9 Å². The van der Waals surface area contributed by atoms with Crippen molar-refractivity contribution in [2.24, 2.45) is 5.92 Å². The number of fused-ring (bicyclic) bond motifs is 1. The largest absolute Gasteiger partial charge is 0.395 e. The van der Waals surface area contributed by atoms with Crippen molar-refractivity contribution >= 4 is 11.7 Å². The van der Waals surface area contributed by atoms with Gasteiger partial charge in [-0.05, 0) is 48.9 Å². The van der Waals surface area contributed by atoms with E-state index in [2.05, 4.69) is 15.7 Å². The molecule has 1 amide bonds. The molecule has 1 aliphatic heterocycles. The van der Waals surface area contributed by atoms with Crippen LogP contribution in [0.4, 0.5) is 10.2 Å². The zero-order valence-corrected chi connectivity index (χ0v) is 19.6. The van der Waals surface area contributed by atoms with Crippen LogP contribution in [-0.4, -0.2) is 50.3 Å². The Kier molecular flexibility index (Phi) is 6.34. The first-order valence-electron chi connectivity index (χ1n) is 11.6. The van der Waals surface area contributed by atoms with E-state index in [0.717, 1.165) is 5.56 Å². The lowest BCUT2D eigenvalue weighted by molar-refractivity contribution is -0.125. The zero-order chi connectivity index (χ0) is 25.2. The number of amides is 1. The van der Waals surface area contributed by atoms with Gasteiger partial charge in [0, 0.05) is 24.7 Å². The number of halogens is 1. The molecule has 2 aromatic carbocycles. The van der Waals surface area contributed by atoms with Crippen LogP contribution >= 0.6 is 0 Å². The van der Waals surface area contributed by atoms with E-state index in [1.807, 2.05) is 31.2 Å². The molecule has 1 atom stereocenters. The number of anilines is 1. The number of benzene rings is 2. The van der Waals surface area contributed by atoms with Crippen LogP contribution in [0.15, 0.2) is 65.5 Å². The van der Waals surface area contributed by atoms with Crippen molar-refractivity contribution in [3.05, 3.63) is 82.4 Å². The highest BCUT2D eigenvalue weighted by Gasteiger charge is 2.30. The quantitative estimate of drug-likeness (QED) is 0.384. The zero-order valence-electron chi connectivity index (χ0n) is 19.6. The number of carbonyl (C=O) groups is 1. The molecule has 0 radical (unpaired) electrons. The standard InChI is InChI=1S/C26H25FN6O3/c1-16-4-2-3-5-21(16)33-22(35)11-10-20(30-33)23-24(17-6-8-19(27)9-7-17)31-32-15-18(14-29-25(23)32)26(36)28-12-13-34/h2-11,18,29,34H,12-15H2,1H3,(H,28,36). The summed E-state index contributed by atoms with van der Waals surface area (Å²) in [5.41, 5.74) is 3.68. The molecule has 0 fully saturated rings. The van der Waals surface area contributed by atoms with Gasteiger partial charge in [-0.15, -0.1) is 0 Å². The molecule has 0 spiro atoms. The van der Waals surface area contributed by atoms with Gasteiger partial charge in [-0.3, -0.25) is 9.59 Å². The molecule has 3 N–H and O–H groups in total. The molecule has 9 nitrogen and oxygen atoms in total. The third-order valence-electron chi connectivity index (χ3n) is 6.16. The highest BCUT2D eigenvalue weighted by atomic mass is 19.1. The van der Waals surface area contributed by atoms with Gasteiger partial charge in [0.05, 0.1) is 36.0 Å². The van der Waals surface area contributed by atoms with Crippen LogP contribution in [0, 0.1) is 18.7 Å². The molecule has 1 aliphatic rings. The molecule has 0 saturated carbocycles. The molecule has 3 heterocycles. The van der Waals surface area contributed by atoms with E-state index in [1.54, 1.807) is 22.9 Å². The summed E-state index contributed by atoms with van der Waals surface area (Å²) in [6, 6.07) is 16.6. The first-order chi connectivity index (χ1) is 17.5. The molecule has 1 unspecified atom stereocenters. The number of nitrogens with zero attached hydrogens (tertiary/aromatic N) is 4. The van der Waals surface area contributed by atoms with Gasteiger partial charge in [-0.1, -0.05) is 18.2 Å². The summed E-state index contributed by atoms with van der Waals surface area (Å²) >= 11 is 0. The normalized spacial score (nSPS) is 14.7. The van der Waals surface area contributed by atoms with Crippen LogP contribution in [0.2, 0.25) is 0 Å². The lowest BCUT2D eigenvalue weighted by Crippen LogP contribution is -2.41. The second-order valence-electron chi connectivity index (χ2n) is 8.61. The van der Waals surface area contributed by atoms with Gasteiger partial charge in [0.15, 0.2) is 0 Å². The maximum Gasteiger partial charge on any atom is 0.271 e. The van der Waals surface area contributed by atoms with Crippen LogP contribution in [0.25, 0.3) is 28.2 Å². The number of aliphatic hydroxyl groups excluding tert-OH is 1. The summed E-state index contributed by atoms with van der Waals surface area (Å²) in [4.78, 5) is 25.3. The third kappa shape index (κ3) is 4.38. The summed E-state index contributed by atoms with van der Waals surface area (Å²) in [5, 5.41) is 24.5. The number of aromatic nitrogens is 4. The molecule has 184 valence electrons. The first kappa shape index (κ1) is 23.4. The highest BCUT2D eigenvalue weighted by Crippen LogP contribution is 2.38. The number of para-hydroxylation sites is 1. The Balaban J connectivity index is 1.64. The Labute approximate surface area is 206 Å². The fourth-order valence-corrected chi connectivity index (χ4v) is 4.34. The van der Waals surface area contributed by atoms with Gasteiger partial charge in [0.25, 0.3) is 5.56 Å². The summed E-state index contributed by atoms with van der Waals surface area (Å²) in [6.45, 7) is 2.62. The second-order valence-corrected chi connectivity index (χ2v) is 8.61. The molecular weight excluding hydrogens is 463 g/mol. The third-order valence-corrected chi connectivity index (χ3v) is 6.16. The van der Waals surface area contributed by atoms with Crippen molar-refractivity contribution in [1.82, 2.24) is 24.9 Å². The van der Waals surface area contributed by atoms with Crippen LogP contribution in [0.1, 0.15) is 5.56 Å². The second kappa shape index (κ2) is 9.74. The number of hydrogen-bond acceptors (Lipinski definition) is 6. The van der Waals surface area contributed by atoms with E-state index in [9.17, 15) is 14.0 Å². The maximum absolute atomic E-state index is 13.7. The molecule has 0 bridgehead atoms. The Morgan fingerprint density at radius 2 is 1.92 bits per heavy atom. The first-order valence-corrected chi connectivity index (χ1v) is 11.6. The highest BCUT2D eigenvalue weighted by molar-refractivity contribution is 5.88. The minimum atomic E-state index is -0.397. The number of nitrogens with one attached hydrogen (secondary N) is 2. The van der Waals surface area contributed by atoms with Crippen LogP contribution in [0.3, 0.4) is 0 Å². The minimum absolute atomic E-state index is 0.139. The molecule has 5 rings (SSSR count). The minimum Gasteiger partial charge on any atom is -0.395 e. The fourth-order valence-electron chi connectivity index (χ4n) is 4.34. The van der Waals surface area contributed by atoms with Crippen molar-refractivity contribution in [2.75, 3.05) is 25.0 Å². The van der Waals surface area contributed by atoms with E-state index in [-0.39, 0.29) is 30.4 Å². The van der Waals surface area contributed by atoms with Crippen molar-refractivity contribution in [3.63, 3.8) is 0 Å². The molecule has 36 heavy (non-hydrogen) atoms. The summed E-state index contributed by atoms with van der Waals surface area (Å²) < 4.78 is 16.7. The van der Waals surface area contributed by atoms with E-state index < -0.39 is 5.92 Å². The monoisotopic (exact) mass is 488 g/mol. The van der Waals surface area contributed by atoms with E-state index >= 15 is 0 Å². The number of carbonyl (C=O) groups excluding carboxylic acids is 1. The van der Waals surface area contributed by atoms with E-state index in [4.69, 9.17) is 10.2 Å². The van der Waals surface area contributed by atoms with Crippen molar-refractivity contribution in [3.8, 4) is 28.2 Å². The molecule has 4 aromatic rings. The van der Waals surface area contributed by atoms with Gasteiger partial charge in [0.2, 0.25) is 5.91 Å². The smallest absolute Gasteiger partial charge is 0.271 e.